The van der Waals surface area contributed by atoms with Crippen LogP contribution in [0.3, 0.4) is 0 Å². The Morgan fingerprint density at radius 2 is 0.759 bits per heavy atom. The molecule has 0 rings (SSSR count). The Hall–Kier alpha value is -0.530. The lowest BCUT2D eigenvalue weighted by Crippen LogP contribution is -2.05. The van der Waals surface area contributed by atoms with Gasteiger partial charge in [0.05, 0.1) is 6.61 Å². The second kappa shape index (κ2) is 25.5. The van der Waals surface area contributed by atoms with E-state index in [1.165, 1.54) is 128 Å². The van der Waals surface area contributed by atoms with Gasteiger partial charge >= 0.3 is 5.97 Å². The van der Waals surface area contributed by atoms with Gasteiger partial charge in [0.15, 0.2) is 0 Å². The number of hydrogen-bond acceptors (Lipinski definition) is 2. The third-order valence-corrected chi connectivity index (χ3v) is 6.00. The van der Waals surface area contributed by atoms with Crippen LogP contribution in [0.2, 0.25) is 0 Å². The molecule has 0 aliphatic rings. The molecule has 0 aromatic carbocycles. The average Bonchev–Trinajstić information content (AvgIpc) is 2.72. The highest BCUT2D eigenvalue weighted by Gasteiger charge is 2.02. The lowest BCUT2D eigenvalue weighted by atomic mass is 10.1. The van der Waals surface area contributed by atoms with Crippen molar-refractivity contribution in [1.29, 1.82) is 0 Å². The molecule has 0 aliphatic carbocycles. The predicted molar refractivity (Wildman–Crippen MR) is 128 cm³/mol. The second-order valence-electron chi connectivity index (χ2n) is 9.04. The quantitative estimate of drug-likeness (QED) is 0.117. The lowest BCUT2D eigenvalue weighted by Gasteiger charge is -2.06. The van der Waals surface area contributed by atoms with Crippen LogP contribution in [-0.4, -0.2) is 12.6 Å². The molecule has 0 radical (unpaired) electrons. The number of carbonyl (C=O) groups excluding carboxylic acids is 1. The first-order valence-electron chi connectivity index (χ1n) is 13.5. The summed E-state index contributed by atoms with van der Waals surface area (Å²) in [5.74, 6) is 0.0210. The number of carbonyl (C=O) groups is 1. The van der Waals surface area contributed by atoms with E-state index in [1.54, 1.807) is 0 Å². The first-order valence-corrected chi connectivity index (χ1v) is 13.5. The van der Waals surface area contributed by atoms with Crippen molar-refractivity contribution in [1.82, 2.24) is 0 Å². The first-order chi connectivity index (χ1) is 14.3. The molecule has 0 saturated carbocycles. The molecule has 0 aromatic rings. The summed E-state index contributed by atoms with van der Waals surface area (Å²) >= 11 is 0. The van der Waals surface area contributed by atoms with Crippen molar-refractivity contribution in [2.75, 3.05) is 6.61 Å². The fourth-order valence-electron chi connectivity index (χ4n) is 3.96. The van der Waals surface area contributed by atoms with Crippen molar-refractivity contribution in [2.45, 2.75) is 162 Å². The van der Waals surface area contributed by atoms with Gasteiger partial charge in [-0.1, -0.05) is 142 Å². The monoisotopic (exact) mass is 410 g/mol. The maximum Gasteiger partial charge on any atom is 0.305 e. The summed E-state index contributed by atoms with van der Waals surface area (Å²) in [6, 6.07) is 0. The van der Waals surface area contributed by atoms with Crippen molar-refractivity contribution < 1.29 is 9.53 Å². The van der Waals surface area contributed by atoms with E-state index in [1.807, 2.05) is 0 Å². The van der Waals surface area contributed by atoms with Gasteiger partial charge in [-0.15, -0.1) is 0 Å². The molecule has 0 saturated heterocycles. The summed E-state index contributed by atoms with van der Waals surface area (Å²) in [4.78, 5) is 11.8. The molecule has 0 spiro atoms. The SMILES string of the molecule is CCCCCCCCCCCCCCOC(=O)CCCCCCCCCCCC. The van der Waals surface area contributed by atoms with Crippen LogP contribution in [0.5, 0.6) is 0 Å². The van der Waals surface area contributed by atoms with E-state index < -0.39 is 0 Å². The van der Waals surface area contributed by atoms with Crippen LogP contribution in [0.25, 0.3) is 0 Å². The van der Waals surface area contributed by atoms with Gasteiger partial charge in [-0.2, -0.15) is 0 Å². The molecule has 0 bridgehead atoms. The maximum absolute atomic E-state index is 11.8. The first kappa shape index (κ1) is 28.5. The fraction of sp³-hybridized carbons (Fsp3) is 0.963. The third kappa shape index (κ3) is 25.4. The standard InChI is InChI=1S/C27H54O2/c1-3-5-7-9-11-13-15-16-18-20-22-24-26-29-27(28)25-23-21-19-17-14-12-10-8-6-4-2/h3-26H2,1-2H3. The zero-order valence-corrected chi connectivity index (χ0v) is 20.3. The topological polar surface area (TPSA) is 26.3 Å². The molecule has 2 nitrogen and oxygen atoms in total. The van der Waals surface area contributed by atoms with Crippen LogP contribution >= 0.6 is 0 Å². The van der Waals surface area contributed by atoms with Crippen molar-refractivity contribution in [3.8, 4) is 0 Å². The Bertz CT molecular complexity index is 314. The van der Waals surface area contributed by atoms with E-state index >= 15 is 0 Å². The molecule has 0 fully saturated rings. The van der Waals surface area contributed by atoms with Crippen molar-refractivity contribution in [2.24, 2.45) is 0 Å². The van der Waals surface area contributed by atoms with Gasteiger partial charge in [0, 0.05) is 6.42 Å². The summed E-state index contributed by atoms with van der Waals surface area (Å²) in [7, 11) is 0. The number of hydrogen-bond donors (Lipinski definition) is 0. The van der Waals surface area contributed by atoms with Crippen LogP contribution < -0.4 is 0 Å². The summed E-state index contributed by atoms with van der Waals surface area (Å²) < 4.78 is 5.38. The predicted octanol–water partition coefficient (Wildman–Crippen LogP) is 9.54. The highest BCUT2D eigenvalue weighted by Crippen LogP contribution is 2.13. The Labute approximate surface area is 184 Å². The van der Waals surface area contributed by atoms with Crippen molar-refractivity contribution in [3.05, 3.63) is 0 Å². The third-order valence-electron chi connectivity index (χ3n) is 6.00. The van der Waals surface area contributed by atoms with Gasteiger partial charge < -0.3 is 4.74 Å². The highest BCUT2D eigenvalue weighted by atomic mass is 16.5. The van der Waals surface area contributed by atoms with E-state index in [2.05, 4.69) is 13.8 Å². The van der Waals surface area contributed by atoms with Crippen LogP contribution in [0.15, 0.2) is 0 Å². The molecule has 0 aliphatic heterocycles. The molecule has 0 unspecified atom stereocenters. The summed E-state index contributed by atoms with van der Waals surface area (Å²) in [5.41, 5.74) is 0. The number of unbranched alkanes of at least 4 members (excludes halogenated alkanes) is 20. The minimum Gasteiger partial charge on any atom is -0.466 e. The number of ether oxygens (including phenoxy) is 1. The van der Waals surface area contributed by atoms with Gasteiger partial charge in [0.25, 0.3) is 0 Å². The molecule has 2 heteroatoms. The average molecular weight is 411 g/mol. The Kier molecular flexibility index (Phi) is 25.0. The van der Waals surface area contributed by atoms with Crippen molar-refractivity contribution in [3.63, 3.8) is 0 Å². The van der Waals surface area contributed by atoms with Crippen molar-refractivity contribution >= 4 is 5.97 Å². The van der Waals surface area contributed by atoms with Gasteiger partial charge in [0.2, 0.25) is 0 Å². The van der Waals surface area contributed by atoms with Crippen LogP contribution in [0.1, 0.15) is 162 Å². The molecular weight excluding hydrogens is 356 g/mol. The van der Waals surface area contributed by atoms with Gasteiger partial charge in [0.1, 0.15) is 0 Å². The Morgan fingerprint density at radius 1 is 0.448 bits per heavy atom. The minimum absolute atomic E-state index is 0.0210. The van der Waals surface area contributed by atoms with Gasteiger partial charge in [-0.05, 0) is 12.8 Å². The molecule has 174 valence electrons. The van der Waals surface area contributed by atoms with Crippen LogP contribution in [0, 0.1) is 0 Å². The fourth-order valence-corrected chi connectivity index (χ4v) is 3.96. The number of esters is 1. The largest absolute Gasteiger partial charge is 0.466 e. The van der Waals surface area contributed by atoms with Gasteiger partial charge in [-0.3, -0.25) is 4.79 Å². The molecule has 0 atom stereocenters. The lowest BCUT2D eigenvalue weighted by molar-refractivity contribution is -0.143. The van der Waals surface area contributed by atoms with E-state index in [0.717, 1.165) is 12.8 Å². The van der Waals surface area contributed by atoms with E-state index in [0.29, 0.717) is 13.0 Å². The number of rotatable bonds is 24. The van der Waals surface area contributed by atoms with Gasteiger partial charge in [-0.25, -0.2) is 0 Å². The zero-order valence-electron chi connectivity index (χ0n) is 20.3. The smallest absolute Gasteiger partial charge is 0.305 e. The summed E-state index contributed by atoms with van der Waals surface area (Å²) in [6.07, 6.45) is 29.8. The Balaban J connectivity index is 3.13. The maximum atomic E-state index is 11.8. The molecule has 0 N–H and O–H groups in total. The van der Waals surface area contributed by atoms with Crippen LogP contribution in [0.4, 0.5) is 0 Å². The van der Waals surface area contributed by atoms with E-state index in [-0.39, 0.29) is 5.97 Å². The summed E-state index contributed by atoms with van der Waals surface area (Å²) in [5, 5.41) is 0. The molecule has 29 heavy (non-hydrogen) atoms. The van der Waals surface area contributed by atoms with Crippen LogP contribution in [-0.2, 0) is 9.53 Å². The Morgan fingerprint density at radius 3 is 1.14 bits per heavy atom. The van der Waals surface area contributed by atoms with E-state index in [9.17, 15) is 4.79 Å². The normalized spacial score (nSPS) is 11.1. The van der Waals surface area contributed by atoms with E-state index in [4.69, 9.17) is 4.74 Å². The molecule has 0 aromatic heterocycles. The molecule has 0 heterocycles. The zero-order chi connectivity index (χ0) is 21.3. The highest BCUT2D eigenvalue weighted by molar-refractivity contribution is 5.69. The summed E-state index contributed by atoms with van der Waals surface area (Å²) in [6.45, 7) is 5.18. The molecular formula is C27H54O2. The minimum atomic E-state index is 0.0210. The second-order valence-corrected chi connectivity index (χ2v) is 9.04. The molecule has 0 amide bonds.